The van der Waals surface area contributed by atoms with Gasteiger partial charge in [-0.1, -0.05) is 29.8 Å². The molecule has 0 radical (unpaired) electrons. The molecule has 0 saturated heterocycles. The van der Waals surface area contributed by atoms with E-state index in [4.69, 9.17) is 17.3 Å². The van der Waals surface area contributed by atoms with Crippen LogP contribution in [0.4, 0.5) is 0 Å². The van der Waals surface area contributed by atoms with Crippen molar-refractivity contribution in [2.24, 2.45) is 5.73 Å². The molecule has 0 unspecified atom stereocenters. The quantitative estimate of drug-likeness (QED) is 0.895. The molecule has 1 atom stereocenters. The van der Waals surface area contributed by atoms with E-state index in [1.54, 1.807) is 6.92 Å². The van der Waals surface area contributed by atoms with Crippen molar-refractivity contribution in [3.05, 3.63) is 34.9 Å². The molecular formula is C13H20Cl2N2O. The Balaban J connectivity index is 0.00000289. The molecule has 0 bridgehead atoms. The monoisotopic (exact) mass is 290 g/mol. The Kier molecular flexibility index (Phi) is 6.68. The molecule has 0 aliphatic heterocycles. The van der Waals surface area contributed by atoms with Crippen molar-refractivity contribution in [3.63, 3.8) is 0 Å². The summed E-state index contributed by atoms with van der Waals surface area (Å²) in [5, 5.41) is 3.63. The van der Waals surface area contributed by atoms with Gasteiger partial charge in [-0.25, -0.2) is 0 Å². The molecule has 0 heterocycles. The van der Waals surface area contributed by atoms with E-state index in [-0.39, 0.29) is 23.9 Å². The topological polar surface area (TPSA) is 55.1 Å². The second-order valence-corrected chi connectivity index (χ2v) is 5.34. The third kappa shape index (κ3) is 5.25. The fourth-order valence-corrected chi connectivity index (χ4v) is 1.81. The minimum Gasteiger partial charge on any atom is -0.350 e. The second kappa shape index (κ2) is 6.98. The molecule has 1 amide bonds. The van der Waals surface area contributed by atoms with Crippen LogP contribution in [0.1, 0.15) is 26.3 Å². The van der Waals surface area contributed by atoms with Crippen molar-refractivity contribution in [1.82, 2.24) is 5.32 Å². The Hall–Kier alpha value is -0.770. The molecule has 0 aromatic heterocycles. The Labute approximate surface area is 119 Å². The normalized spacial score (nSPS) is 12.5. The van der Waals surface area contributed by atoms with Gasteiger partial charge in [-0.05, 0) is 38.8 Å². The summed E-state index contributed by atoms with van der Waals surface area (Å²) in [6.07, 6.45) is 0.672. The number of halogens is 2. The minimum atomic E-state index is -0.500. The van der Waals surface area contributed by atoms with Crippen LogP contribution in [0.25, 0.3) is 0 Å². The van der Waals surface area contributed by atoms with E-state index in [0.717, 1.165) is 10.6 Å². The van der Waals surface area contributed by atoms with Gasteiger partial charge in [-0.3, -0.25) is 4.79 Å². The van der Waals surface area contributed by atoms with Crippen molar-refractivity contribution >= 4 is 29.9 Å². The SMILES string of the molecule is C[C@H](N)C(=O)NC(C)(C)Cc1ccccc1Cl.Cl. The van der Waals surface area contributed by atoms with E-state index in [1.165, 1.54) is 0 Å². The van der Waals surface area contributed by atoms with Crippen molar-refractivity contribution in [2.75, 3.05) is 0 Å². The third-order valence-electron chi connectivity index (χ3n) is 2.47. The molecule has 0 aliphatic carbocycles. The maximum Gasteiger partial charge on any atom is 0.237 e. The number of carbonyl (C=O) groups is 1. The van der Waals surface area contributed by atoms with Crippen LogP contribution in [0.3, 0.4) is 0 Å². The number of amides is 1. The first kappa shape index (κ1) is 17.2. The fourth-order valence-electron chi connectivity index (χ4n) is 1.61. The summed E-state index contributed by atoms with van der Waals surface area (Å²) in [5.74, 6) is -0.151. The van der Waals surface area contributed by atoms with Crippen LogP contribution in [-0.2, 0) is 11.2 Å². The number of rotatable bonds is 4. The summed E-state index contributed by atoms with van der Waals surface area (Å²) >= 11 is 6.09. The number of hydrogen-bond donors (Lipinski definition) is 2. The van der Waals surface area contributed by atoms with Gasteiger partial charge < -0.3 is 11.1 Å². The number of nitrogens with two attached hydrogens (primary N) is 1. The van der Waals surface area contributed by atoms with E-state index in [1.807, 2.05) is 38.1 Å². The van der Waals surface area contributed by atoms with Crippen molar-refractivity contribution in [2.45, 2.75) is 38.8 Å². The molecular weight excluding hydrogens is 271 g/mol. The summed E-state index contributed by atoms with van der Waals surface area (Å²) < 4.78 is 0. The van der Waals surface area contributed by atoms with Gasteiger partial charge in [0.25, 0.3) is 0 Å². The third-order valence-corrected chi connectivity index (χ3v) is 2.83. The molecule has 3 nitrogen and oxygen atoms in total. The Morgan fingerprint density at radius 1 is 1.44 bits per heavy atom. The number of benzene rings is 1. The molecule has 18 heavy (non-hydrogen) atoms. The van der Waals surface area contributed by atoms with Crippen LogP contribution in [0.2, 0.25) is 5.02 Å². The van der Waals surface area contributed by atoms with Crippen LogP contribution >= 0.6 is 24.0 Å². The van der Waals surface area contributed by atoms with Gasteiger partial charge >= 0.3 is 0 Å². The highest BCUT2D eigenvalue weighted by Crippen LogP contribution is 2.20. The van der Waals surface area contributed by atoms with Crippen molar-refractivity contribution in [1.29, 1.82) is 0 Å². The molecule has 102 valence electrons. The fraction of sp³-hybridized carbons (Fsp3) is 0.462. The first-order valence-electron chi connectivity index (χ1n) is 5.63. The summed E-state index contributed by atoms with van der Waals surface area (Å²) in [4.78, 5) is 11.6. The lowest BCUT2D eigenvalue weighted by Gasteiger charge is -2.27. The molecule has 0 spiro atoms. The summed E-state index contributed by atoms with van der Waals surface area (Å²) in [6, 6.07) is 7.13. The molecule has 0 aliphatic rings. The van der Waals surface area contributed by atoms with Crippen LogP contribution < -0.4 is 11.1 Å². The van der Waals surface area contributed by atoms with Gasteiger partial charge in [0.05, 0.1) is 6.04 Å². The van der Waals surface area contributed by atoms with Gasteiger partial charge in [-0.15, -0.1) is 12.4 Å². The van der Waals surface area contributed by atoms with Gasteiger partial charge in [0.1, 0.15) is 0 Å². The van der Waals surface area contributed by atoms with Gasteiger partial charge in [-0.2, -0.15) is 0 Å². The van der Waals surface area contributed by atoms with Crippen LogP contribution in [0.15, 0.2) is 24.3 Å². The summed E-state index contributed by atoms with van der Waals surface area (Å²) in [6.45, 7) is 5.58. The maximum atomic E-state index is 11.6. The Morgan fingerprint density at radius 3 is 2.50 bits per heavy atom. The van der Waals surface area contributed by atoms with Crippen molar-refractivity contribution < 1.29 is 4.79 Å². The largest absolute Gasteiger partial charge is 0.350 e. The molecule has 3 N–H and O–H groups in total. The zero-order valence-electron chi connectivity index (χ0n) is 10.9. The predicted molar refractivity (Wildman–Crippen MR) is 78.3 cm³/mol. The minimum absolute atomic E-state index is 0. The van der Waals surface area contributed by atoms with Gasteiger partial charge in [0.15, 0.2) is 0 Å². The second-order valence-electron chi connectivity index (χ2n) is 4.93. The highest BCUT2D eigenvalue weighted by Gasteiger charge is 2.23. The number of carbonyl (C=O) groups excluding carboxylic acids is 1. The lowest BCUT2D eigenvalue weighted by atomic mass is 9.94. The van der Waals surface area contributed by atoms with E-state index in [2.05, 4.69) is 5.32 Å². The average Bonchev–Trinajstić information content (AvgIpc) is 2.20. The van der Waals surface area contributed by atoms with Gasteiger partial charge in [0, 0.05) is 10.6 Å². The van der Waals surface area contributed by atoms with E-state index in [0.29, 0.717) is 6.42 Å². The van der Waals surface area contributed by atoms with Gasteiger partial charge in [0.2, 0.25) is 5.91 Å². The van der Waals surface area contributed by atoms with Crippen LogP contribution in [-0.4, -0.2) is 17.5 Å². The summed E-state index contributed by atoms with van der Waals surface area (Å²) in [5.41, 5.74) is 6.18. The van der Waals surface area contributed by atoms with Crippen LogP contribution in [0.5, 0.6) is 0 Å². The van der Waals surface area contributed by atoms with Crippen molar-refractivity contribution in [3.8, 4) is 0 Å². The van der Waals surface area contributed by atoms with E-state index in [9.17, 15) is 4.79 Å². The van der Waals surface area contributed by atoms with E-state index < -0.39 is 6.04 Å². The zero-order valence-corrected chi connectivity index (χ0v) is 12.4. The highest BCUT2D eigenvalue weighted by atomic mass is 35.5. The molecule has 5 heteroatoms. The first-order valence-corrected chi connectivity index (χ1v) is 6.00. The summed E-state index contributed by atoms with van der Waals surface area (Å²) in [7, 11) is 0. The number of nitrogens with one attached hydrogen (secondary N) is 1. The van der Waals surface area contributed by atoms with Crippen LogP contribution in [0, 0.1) is 0 Å². The lowest BCUT2D eigenvalue weighted by molar-refractivity contribution is -0.123. The first-order chi connectivity index (χ1) is 7.82. The molecule has 1 aromatic rings. The Bertz CT molecular complexity index is 406. The van der Waals surface area contributed by atoms with E-state index >= 15 is 0 Å². The smallest absolute Gasteiger partial charge is 0.237 e. The molecule has 1 rings (SSSR count). The molecule has 0 saturated carbocycles. The lowest BCUT2D eigenvalue weighted by Crippen LogP contribution is -2.50. The average molecular weight is 291 g/mol. The number of hydrogen-bond acceptors (Lipinski definition) is 2. The molecule has 1 aromatic carbocycles. The predicted octanol–water partition coefficient (Wildman–Crippen LogP) is 2.55. The Morgan fingerprint density at radius 2 is 2.00 bits per heavy atom. The molecule has 0 fully saturated rings. The maximum absolute atomic E-state index is 11.6. The standard InChI is InChI=1S/C13H19ClN2O.ClH/c1-9(15)12(17)16-13(2,3)8-10-6-4-5-7-11(10)14;/h4-7,9H,8,15H2,1-3H3,(H,16,17);1H/t9-;/m0./s1. The highest BCUT2D eigenvalue weighted by molar-refractivity contribution is 6.31. The zero-order chi connectivity index (χ0) is 13.1.